The van der Waals surface area contributed by atoms with Gasteiger partial charge in [0.15, 0.2) is 18.5 Å². The van der Waals surface area contributed by atoms with Crippen molar-refractivity contribution in [2.45, 2.75) is 84.6 Å². The van der Waals surface area contributed by atoms with Gasteiger partial charge in [0, 0.05) is 27.9 Å². The van der Waals surface area contributed by atoms with E-state index in [4.69, 9.17) is 28.4 Å². The van der Waals surface area contributed by atoms with Crippen LogP contribution in [0.3, 0.4) is 0 Å². The third-order valence-electron chi connectivity index (χ3n) is 5.27. The Bertz CT molecular complexity index is 880. The van der Waals surface area contributed by atoms with Crippen molar-refractivity contribution < 1.29 is 57.2 Å². The molecule has 1 saturated heterocycles. The molecule has 15 nitrogen and oxygen atoms in total. The van der Waals surface area contributed by atoms with Crippen LogP contribution in [0, 0.1) is 5.92 Å². The second-order valence-electron chi connectivity index (χ2n) is 9.08. The number of esters is 4. The number of ether oxygens (including phenoxy) is 6. The highest BCUT2D eigenvalue weighted by Gasteiger charge is 2.51. The van der Waals surface area contributed by atoms with Crippen molar-refractivity contribution in [1.82, 2.24) is 16.0 Å². The van der Waals surface area contributed by atoms with Gasteiger partial charge in [-0.1, -0.05) is 13.8 Å². The fourth-order valence-corrected chi connectivity index (χ4v) is 3.81. The molecule has 0 aromatic carbocycles. The minimum Gasteiger partial charge on any atom is -0.465 e. The first-order valence-electron chi connectivity index (χ1n) is 12.4. The molecule has 0 spiro atoms. The molecule has 1 aliphatic rings. The van der Waals surface area contributed by atoms with E-state index >= 15 is 0 Å². The van der Waals surface area contributed by atoms with Gasteiger partial charge < -0.3 is 44.4 Å². The van der Waals surface area contributed by atoms with Crippen LogP contribution in [-0.4, -0.2) is 99.4 Å². The molecular formula is C24H39N3O12. The van der Waals surface area contributed by atoms with Crippen molar-refractivity contribution in [3.8, 4) is 0 Å². The summed E-state index contributed by atoms with van der Waals surface area (Å²) in [5.41, 5.74) is 0. The Balaban J connectivity index is 3.17. The highest BCUT2D eigenvalue weighted by atomic mass is 16.7. The summed E-state index contributed by atoms with van der Waals surface area (Å²) in [6, 6.07) is -3.13. The summed E-state index contributed by atoms with van der Waals surface area (Å²) in [5.74, 6) is -3.41. The quantitative estimate of drug-likeness (QED) is 0.194. The maximum absolute atomic E-state index is 13.0. The molecule has 222 valence electrons. The Hall–Kier alpha value is -3.46. The van der Waals surface area contributed by atoms with E-state index in [1.807, 2.05) is 13.8 Å². The van der Waals surface area contributed by atoms with Gasteiger partial charge in [0.2, 0.25) is 5.91 Å². The standard InChI is InChI=1S/C24H39N3O12/c1-8-35-18(31)10-25-22(32)16(9-12(2)3)26-24(33)27-19-21(38-15(6)30)20(37-14(5)29)17(11-36-13(4)28)39-23(19)34-7/h12,16-17,19-21,23H,8-11H2,1-7H3,(H,25,32)(H2,26,27,33)/t16-,17+,19+,20+,21+,23+/m0/s1. The van der Waals surface area contributed by atoms with Gasteiger partial charge in [0.05, 0.1) is 6.61 Å². The molecule has 1 heterocycles. The average Bonchev–Trinajstić information content (AvgIpc) is 2.82. The van der Waals surface area contributed by atoms with Gasteiger partial charge in [-0.05, 0) is 19.3 Å². The van der Waals surface area contributed by atoms with E-state index in [2.05, 4.69) is 16.0 Å². The lowest BCUT2D eigenvalue weighted by Gasteiger charge is -2.44. The van der Waals surface area contributed by atoms with E-state index in [9.17, 15) is 28.8 Å². The Labute approximate surface area is 226 Å². The van der Waals surface area contributed by atoms with Crippen LogP contribution in [0.2, 0.25) is 0 Å². The first-order chi connectivity index (χ1) is 18.3. The molecular weight excluding hydrogens is 522 g/mol. The number of nitrogens with one attached hydrogen (secondary N) is 3. The number of amides is 3. The molecule has 1 aliphatic heterocycles. The Morgan fingerprint density at radius 3 is 2.03 bits per heavy atom. The van der Waals surface area contributed by atoms with Crippen molar-refractivity contribution in [2.24, 2.45) is 5.92 Å². The molecule has 0 unspecified atom stereocenters. The third-order valence-corrected chi connectivity index (χ3v) is 5.27. The molecule has 0 aromatic heterocycles. The van der Waals surface area contributed by atoms with Crippen LogP contribution >= 0.6 is 0 Å². The van der Waals surface area contributed by atoms with Crippen LogP contribution in [0.1, 0.15) is 48.0 Å². The fraction of sp³-hybridized carbons (Fsp3) is 0.750. The van der Waals surface area contributed by atoms with E-state index in [0.717, 1.165) is 13.8 Å². The average molecular weight is 562 g/mol. The van der Waals surface area contributed by atoms with Gasteiger partial charge in [-0.25, -0.2) is 4.79 Å². The van der Waals surface area contributed by atoms with Crippen LogP contribution in [0.5, 0.6) is 0 Å². The zero-order chi connectivity index (χ0) is 29.7. The summed E-state index contributed by atoms with van der Waals surface area (Å²) in [6.07, 6.45) is -4.73. The second-order valence-corrected chi connectivity index (χ2v) is 9.08. The molecule has 0 radical (unpaired) electrons. The highest BCUT2D eigenvalue weighted by Crippen LogP contribution is 2.27. The second kappa shape index (κ2) is 16.5. The van der Waals surface area contributed by atoms with Crippen molar-refractivity contribution >= 4 is 35.8 Å². The van der Waals surface area contributed by atoms with E-state index < -0.39 is 72.5 Å². The van der Waals surface area contributed by atoms with Crippen LogP contribution in [0.15, 0.2) is 0 Å². The normalized spacial score (nSPS) is 23.1. The Morgan fingerprint density at radius 2 is 1.51 bits per heavy atom. The SMILES string of the molecule is CCOC(=O)CNC(=O)[C@H](CC(C)C)NC(=O)N[C@H]1[C@H](OC)O[C@H](COC(C)=O)[C@@H](OC(C)=O)[C@@H]1OC(C)=O. The number of carbonyl (C=O) groups is 6. The van der Waals surface area contributed by atoms with Crippen LogP contribution in [0.25, 0.3) is 0 Å². The van der Waals surface area contributed by atoms with E-state index in [1.54, 1.807) is 6.92 Å². The molecule has 6 atom stereocenters. The lowest BCUT2D eigenvalue weighted by molar-refractivity contribution is -0.270. The first-order valence-corrected chi connectivity index (χ1v) is 12.4. The molecule has 1 fully saturated rings. The van der Waals surface area contributed by atoms with Gasteiger partial charge in [0.25, 0.3) is 0 Å². The maximum atomic E-state index is 13.0. The molecule has 3 N–H and O–H groups in total. The summed E-state index contributed by atoms with van der Waals surface area (Å²) in [6.45, 7) is 8.12. The van der Waals surface area contributed by atoms with Crippen LogP contribution < -0.4 is 16.0 Å². The Kier molecular flexibility index (Phi) is 14.2. The predicted octanol–water partition coefficient (Wildman–Crippen LogP) is -0.454. The number of hydrogen-bond acceptors (Lipinski definition) is 12. The lowest BCUT2D eigenvalue weighted by atomic mass is 9.96. The summed E-state index contributed by atoms with van der Waals surface area (Å²) >= 11 is 0. The molecule has 0 saturated carbocycles. The molecule has 1 rings (SSSR count). The van der Waals surface area contributed by atoms with Crippen LogP contribution in [-0.2, 0) is 52.4 Å². The molecule has 3 amide bonds. The zero-order valence-electron chi connectivity index (χ0n) is 23.3. The van der Waals surface area contributed by atoms with Gasteiger partial charge in [-0.3, -0.25) is 24.0 Å². The van der Waals surface area contributed by atoms with Gasteiger partial charge in [-0.2, -0.15) is 0 Å². The van der Waals surface area contributed by atoms with E-state index in [1.165, 1.54) is 14.0 Å². The van der Waals surface area contributed by atoms with E-state index in [-0.39, 0.29) is 32.1 Å². The molecule has 15 heteroatoms. The smallest absolute Gasteiger partial charge is 0.325 e. The highest BCUT2D eigenvalue weighted by molar-refractivity contribution is 5.89. The van der Waals surface area contributed by atoms with Crippen LogP contribution in [0.4, 0.5) is 4.79 Å². The topological polar surface area (TPSA) is 194 Å². The minimum atomic E-state index is -1.32. The first kappa shape index (κ1) is 33.6. The molecule has 0 bridgehead atoms. The van der Waals surface area contributed by atoms with Gasteiger partial charge in [-0.15, -0.1) is 0 Å². The van der Waals surface area contributed by atoms with Crippen molar-refractivity contribution in [3.63, 3.8) is 0 Å². The summed E-state index contributed by atoms with van der Waals surface area (Å²) in [5, 5.41) is 7.51. The number of carbonyl (C=O) groups excluding carboxylic acids is 6. The summed E-state index contributed by atoms with van der Waals surface area (Å²) < 4.78 is 31.7. The zero-order valence-corrected chi connectivity index (χ0v) is 23.3. The minimum absolute atomic E-state index is 0.0162. The maximum Gasteiger partial charge on any atom is 0.325 e. The number of methoxy groups -OCH3 is 1. The predicted molar refractivity (Wildman–Crippen MR) is 132 cm³/mol. The largest absolute Gasteiger partial charge is 0.465 e. The van der Waals surface area contributed by atoms with Crippen molar-refractivity contribution in [1.29, 1.82) is 0 Å². The lowest BCUT2D eigenvalue weighted by Crippen LogP contribution is -2.68. The molecule has 0 aliphatic carbocycles. The van der Waals surface area contributed by atoms with Crippen molar-refractivity contribution in [3.05, 3.63) is 0 Å². The summed E-state index contributed by atoms with van der Waals surface area (Å²) in [4.78, 5) is 72.5. The number of rotatable bonds is 13. The molecule has 0 aromatic rings. The Morgan fingerprint density at radius 1 is 0.897 bits per heavy atom. The fourth-order valence-electron chi connectivity index (χ4n) is 3.81. The van der Waals surface area contributed by atoms with Gasteiger partial charge in [0.1, 0.15) is 31.3 Å². The molecule has 39 heavy (non-hydrogen) atoms. The number of urea groups is 1. The summed E-state index contributed by atoms with van der Waals surface area (Å²) in [7, 11) is 1.27. The van der Waals surface area contributed by atoms with E-state index in [0.29, 0.717) is 0 Å². The monoisotopic (exact) mass is 561 g/mol. The number of hydrogen-bond donors (Lipinski definition) is 3. The third kappa shape index (κ3) is 11.9. The van der Waals surface area contributed by atoms with Gasteiger partial charge >= 0.3 is 29.9 Å². The van der Waals surface area contributed by atoms with Crippen molar-refractivity contribution in [2.75, 3.05) is 26.9 Å².